The predicted molar refractivity (Wildman–Crippen MR) is 124 cm³/mol. The SMILES string of the molecule is Cc1ccc(NC(=O)Nc2ccccc2)cc1NC(=O)c1cn(C)nc1-c1cnn(C)c1. The Kier molecular flexibility index (Phi) is 5.71. The van der Waals surface area contributed by atoms with Crippen LogP contribution in [0.25, 0.3) is 11.3 Å². The Bertz CT molecular complexity index is 1270. The van der Waals surface area contributed by atoms with Crippen molar-refractivity contribution in [1.82, 2.24) is 19.6 Å². The molecule has 2 heterocycles. The summed E-state index contributed by atoms with van der Waals surface area (Å²) in [6.07, 6.45) is 5.14. The molecule has 2 aromatic carbocycles. The number of carbonyl (C=O) groups excluding carboxylic acids is 2. The first-order valence-electron chi connectivity index (χ1n) is 9.97. The van der Waals surface area contributed by atoms with Gasteiger partial charge >= 0.3 is 6.03 Å². The first kappa shape index (κ1) is 20.9. The monoisotopic (exact) mass is 429 g/mol. The van der Waals surface area contributed by atoms with Crippen molar-refractivity contribution < 1.29 is 9.59 Å². The standard InChI is InChI=1S/C23H23N7O2/c1-15-9-10-18(26-23(32)25-17-7-5-4-6-8-17)11-20(15)27-22(31)19-14-30(3)28-21(19)16-12-24-29(2)13-16/h4-14H,1-3H3,(H,27,31)(H2,25,26,32). The van der Waals surface area contributed by atoms with Crippen molar-refractivity contribution in [2.24, 2.45) is 14.1 Å². The molecule has 0 aliphatic rings. The van der Waals surface area contributed by atoms with Crippen LogP contribution in [0, 0.1) is 6.92 Å². The molecule has 0 atom stereocenters. The van der Waals surface area contributed by atoms with E-state index in [1.165, 1.54) is 0 Å². The van der Waals surface area contributed by atoms with Crippen molar-refractivity contribution in [3.8, 4) is 11.3 Å². The zero-order valence-corrected chi connectivity index (χ0v) is 18.0. The first-order valence-corrected chi connectivity index (χ1v) is 9.97. The van der Waals surface area contributed by atoms with E-state index >= 15 is 0 Å². The molecule has 3 amide bonds. The molecule has 162 valence electrons. The molecular formula is C23H23N7O2. The van der Waals surface area contributed by atoms with E-state index in [2.05, 4.69) is 26.1 Å². The van der Waals surface area contributed by atoms with Gasteiger partial charge in [-0.15, -0.1) is 0 Å². The van der Waals surface area contributed by atoms with Crippen LogP contribution in [0.2, 0.25) is 0 Å². The van der Waals surface area contributed by atoms with Crippen molar-refractivity contribution in [2.45, 2.75) is 6.92 Å². The lowest BCUT2D eigenvalue weighted by molar-refractivity contribution is 0.102. The minimum absolute atomic E-state index is 0.300. The number of aryl methyl sites for hydroxylation is 3. The van der Waals surface area contributed by atoms with Crippen LogP contribution in [-0.2, 0) is 14.1 Å². The maximum Gasteiger partial charge on any atom is 0.323 e. The number of nitrogens with one attached hydrogen (secondary N) is 3. The van der Waals surface area contributed by atoms with Crippen molar-refractivity contribution in [3.05, 3.63) is 78.2 Å². The summed E-state index contributed by atoms with van der Waals surface area (Å²) < 4.78 is 3.25. The third-order valence-electron chi connectivity index (χ3n) is 4.83. The lowest BCUT2D eigenvalue weighted by Gasteiger charge is -2.12. The van der Waals surface area contributed by atoms with E-state index in [9.17, 15) is 9.59 Å². The average molecular weight is 429 g/mol. The Morgan fingerprint density at radius 3 is 2.34 bits per heavy atom. The zero-order valence-electron chi connectivity index (χ0n) is 18.0. The Morgan fingerprint density at radius 2 is 1.62 bits per heavy atom. The number of amides is 3. The summed E-state index contributed by atoms with van der Waals surface area (Å²) in [5.41, 5.74) is 4.42. The minimum Gasteiger partial charge on any atom is -0.322 e. The van der Waals surface area contributed by atoms with Gasteiger partial charge < -0.3 is 16.0 Å². The summed E-state index contributed by atoms with van der Waals surface area (Å²) in [7, 11) is 3.57. The van der Waals surface area contributed by atoms with Crippen LogP contribution in [0.4, 0.5) is 21.9 Å². The van der Waals surface area contributed by atoms with E-state index in [1.54, 1.807) is 59.3 Å². The molecule has 2 aromatic heterocycles. The number of urea groups is 1. The molecule has 0 fully saturated rings. The Balaban J connectivity index is 1.51. The molecule has 0 bridgehead atoms. The number of carbonyl (C=O) groups is 2. The van der Waals surface area contributed by atoms with Crippen LogP contribution >= 0.6 is 0 Å². The Hall–Kier alpha value is -4.40. The van der Waals surface area contributed by atoms with Gasteiger partial charge in [-0.1, -0.05) is 24.3 Å². The zero-order chi connectivity index (χ0) is 22.7. The molecule has 0 saturated carbocycles. The van der Waals surface area contributed by atoms with Crippen molar-refractivity contribution in [1.29, 1.82) is 0 Å². The highest BCUT2D eigenvalue weighted by atomic mass is 16.2. The van der Waals surface area contributed by atoms with Gasteiger partial charge in [-0.3, -0.25) is 14.2 Å². The third kappa shape index (κ3) is 4.67. The molecule has 0 radical (unpaired) electrons. The molecule has 3 N–H and O–H groups in total. The number of para-hydroxylation sites is 1. The molecule has 4 aromatic rings. The predicted octanol–water partition coefficient (Wildman–Crippen LogP) is 4.03. The summed E-state index contributed by atoms with van der Waals surface area (Å²) in [6, 6.07) is 14.1. The van der Waals surface area contributed by atoms with E-state index in [-0.39, 0.29) is 11.9 Å². The molecule has 32 heavy (non-hydrogen) atoms. The lowest BCUT2D eigenvalue weighted by Crippen LogP contribution is -2.19. The molecule has 9 nitrogen and oxygen atoms in total. The highest BCUT2D eigenvalue weighted by molar-refractivity contribution is 6.08. The second-order valence-electron chi connectivity index (χ2n) is 7.40. The normalized spacial score (nSPS) is 10.6. The summed E-state index contributed by atoms with van der Waals surface area (Å²) >= 11 is 0. The average Bonchev–Trinajstić information content (AvgIpc) is 3.36. The van der Waals surface area contributed by atoms with Gasteiger partial charge in [0.05, 0.1) is 11.8 Å². The van der Waals surface area contributed by atoms with Crippen molar-refractivity contribution in [3.63, 3.8) is 0 Å². The number of nitrogens with zero attached hydrogens (tertiary/aromatic N) is 4. The summed E-state index contributed by atoms with van der Waals surface area (Å²) in [6.45, 7) is 1.88. The van der Waals surface area contributed by atoms with Gasteiger partial charge in [-0.2, -0.15) is 10.2 Å². The van der Waals surface area contributed by atoms with E-state index in [0.717, 1.165) is 11.1 Å². The third-order valence-corrected chi connectivity index (χ3v) is 4.83. The number of hydrogen-bond acceptors (Lipinski definition) is 4. The maximum atomic E-state index is 13.1. The topological polar surface area (TPSA) is 106 Å². The largest absolute Gasteiger partial charge is 0.323 e. The van der Waals surface area contributed by atoms with Gasteiger partial charge in [0.1, 0.15) is 5.69 Å². The molecule has 0 saturated heterocycles. The molecule has 9 heteroatoms. The Labute approximate surface area is 185 Å². The Morgan fingerprint density at radius 1 is 0.875 bits per heavy atom. The maximum absolute atomic E-state index is 13.1. The van der Waals surface area contributed by atoms with E-state index in [4.69, 9.17) is 0 Å². The van der Waals surface area contributed by atoms with E-state index in [0.29, 0.717) is 28.3 Å². The summed E-state index contributed by atoms with van der Waals surface area (Å²) in [5, 5.41) is 17.1. The smallest absolute Gasteiger partial charge is 0.322 e. The van der Waals surface area contributed by atoms with Gasteiger partial charge in [-0.05, 0) is 36.8 Å². The summed E-state index contributed by atoms with van der Waals surface area (Å²) in [5.74, 6) is -0.300. The quantitative estimate of drug-likeness (QED) is 0.445. The highest BCUT2D eigenvalue weighted by Crippen LogP contribution is 2.25. The molecular weight excluding hydrogens is 406 g/mol. The molecule has 0 unspecified atom stereocenters. The molecule has 4 rings (SSSR count). The lowest BCUT2D eigenvalue weighted by atomic mass is 10.1. The van der Waals surface area contributed by atoms with Crippen LogP contribution in [0.3, 0.4) is 0 Å². The molecule has 0 aliphatic heterocycles. The fourth-order valence-electron chi connectivity index (χ4n) is 3.25. The number of hydrogen-bond donors (Lipinski definition) is 3. The first-order chi connectivity index (χ1) is 15.4. The van der Waals surface area contributed by atoms with Crippen LogP contribution in [0.5, 0.6) is 0 Å². The van der Waals surface area contributed by atoms with Crippen molar-refractivity contribution in [2.75, 3.05) is 16.0 Å². The molecule has 0 aliphatic carbocycles. The fraction of sp³-hybridized carbons (Fsp3) is 0.130. The molecule has 0 spiro atoms. The van der Waals surface area contributed by atoms with Crippen LogP contribution in [-0.4, -0.2) is 31.5 Å². The van der Waals surface area contributed by atoms with Gasteiger partial charge in [0.2, 0.25) is 0 Å². The van der Waals surface area contributed by atoms with Crippen LogP contribution < -0.4 is 16.0 Å². The number of aromatic nitrogens is 4. The summed E-state index contributed by atoms with van der Waals surface area (Å²) in [4.78, 5) is 25.4. The minimum atomic E-state index is -0.372. The highest BCUT2D eigenvalue weighted by Gasteiger charge is 2.19. The van der Waals surface area contributed by atoms with Gasteiger partial charge in [0, 0.05) is 49.1 Å². The van der Waals surface area contributed by atoms with E-state index in [1.807, 2.05) is 38.2 Å². The van der Waals surface area contributed by atoms with Crippen molar-refractivity contribution >= 4 is 29.0 Å². The number of rotatable bonds is 5. The van der Waals surface area contributed by atoms with Crippen LogP contribution in [0.1, 0.15) is 15.9 Å². The second-order valence-corrected chi connectivity index (χ2v) is 7.40. The van der Waals surface area contributed by atoms with E-state index < -0.39 is 0 Å². The number of benzene rings is 2. The van der Waals surface area contributed by atoms with Gasteiger partial charge in [0.15, 0.2) is 0 Å². The van der Waals surface area contributed by atoms with Crippen LogP contribution in [0.15, 0.2) is 67.1 Å². The number of anilines is 3. The van der Waals surface area contributed by atoms with Gasteiger partial charge in [-0.25, -0.2) is 4.79 Å². The fourth-order valence-corrected chi connectivity index (χ4v) is 3.25. The van der Waals surface area contributed by atoms with Gasteiger partial charge in [0.25, 0.3) is 5.91 Å². The second kappa shape index (κ2) is 8.76.